The fourth-order valence-corrected chi connectivity index (χ4v) is 4.01. The first-order valence-corrected chi connectivity index (χ1v) is 10.4. The van der Waals surface area contributed by atoms with Crippen molar-refractivity contribution in [1.82, 2.24) is 10.2 Å². The van der Waals surface area contributed by atoms with Gasteiger partial charge in [0.05, 0.1) is 6.04 Å². The molecule has 1 aliphatic rings. The summed E-state index contributed by atoms with van der Waals surface area (Å²) in [5, 5.41) is 3.92. The molecular formula is C22H24Cl2N2O3. The highest BCUT2D eigenvalue weighted by Crippen LogP contribution is 2.42. The minimum atomic E-state index is -0.586. The van der Waals surface area contributed by atoms with Crippen LogP contribution in [0, 0.1) is 0 Å². The summed E-state index contributed by atoms with van der Waals surface area (Å²) < 4.78 is 5.99. The number of nitrogens with one attached hydrogen (secondary N) is 1. The number of carbonyl (C=O) groups is 2. The van der Waals surface area contributed by atoms with Gasteiger partial charge in [0, 0.05) is 17.1 Å². The van der Waals surface area contributed by atoms with Crippen LogP contribution in [0.3, 0.4) is 0 Å². The molecule has 1 aliphatic heterocycles. The van der Waals surface area contributed by atoms with Crippen LogP contribution in [-0.4, -0.2) is 36.4 Å². The number of likely N-dealkylation sites (N-methyl/N-ethyl adjacent to an activating group) is 1. The van der Waals surface area contributed by atoms with E-state index in [2.05, 4.69) is 5.32 Å². The van der Waals surface area contributed by atoms with E-state index in [0.29, 0.717) is 16.5 Å². The Kier molecular flexibility index (Phi) is 7.17. The van der Waals surface area contributed by atoms with E-state index in [1.54, 1.807) is 36.2 Å². The number of benzene rings is 2. The van der Waals surface area contributed by atoms with Gasteiger partial charge in [0.1, 0.15) is 18.8 Å². The molecule has 2 aromatic carbocycles. The smallest absolute Gasteiger partial charge is 0.249 e. The SMILES string of the molecule is CCC[C@@H](C(=O)NC)N1C(=O)CO[C@@H](c2ccc(Cl)cc2)[C@H]1c1ccc(Cl)cc1. The van der Waals surface area contributed by atoms with Crippen LogP contribution in [0.25, 0.3) is 0 Å². The Morgan fingerprint density at radius 3 is 2.17 bits per heavy atom. The molecule has 0 unspecified atom stereocenters. The molecule has 2 aromatic rings. The average Bonchev–Trinajstić information content (AvgIpc) is 2.73. The number of amides is 2. The zero-order valence-corrected chi connectivity index (χ0v) is 17.9. The van der Waals surface area contributed by atoms with Crippen molar-refractivity contribution in [3.8, 4) is 0 Å². The van der Waals surface area contributed by atoms with Crippen molar-refractivity contribution in [2.24, 2.45) is 0 Å². The van der Waals surface area contributed by atoms with Crippen molar-refractivity contribution in [3.05, 3.63) is 69.7 Å². The normalized spacial score (nSPS) is 20.4. The second kappa shape index (κ2) is 9.61. The first-order valence-electron chi connectivity index (χ1n) is 9.61. The highest BCUT2D eigenvalue weighted by molar-refractivity contribution is 6.30. The number of hydrogen-bond acceptors (Lipinski definition) is 3. The van der Waals surface area contributed by atoms with Gasteiger partial charge >= 0.3 is 0 Å². The third kappa shape index (κ3) is 4.74. The maximum absolute atomic E-state index is 13.0. The van der Waals surface area contributed by atoms with E-state index in [9.17, 15) is 9.59 Å². The lowest BCUT2D eigenvalue weighted by Crippen LogP contribution is -2.55. The zero-order chi connectivity index (χ0) is 21.0. The number of morpholine rings is 1. The molecule has 29 heavy (non-hydrogen) atoms. The first kappa shape index (κ1) is 21.6. The Morgan fingerprint density at radius 2 is 1.66 bits per heavy atom. The van der Waals surface area contributed by atoms with Crippen LogP contribution in [0.2, 0.25) is 10.0 Å². The van der Waals surface area contributed by atoms with Gasteiger partial charge in [0.15, 0.2) is 0 Å². The molecule has 7 heteroatoms. The Labute approximate surface area is 180 Å². The summed E-state index contributed by atoms with van der Waals surface area (Å²) in [5.41, 5.74) is 1.74. The van der Waals surface area contributed by atoms with Gasteiger partial charge in [0.25, 0.3) is 0 Å². The highest BCUT2D eigenvalue weighted by atomic mass is 35.5. The van der Waals surface area contributed by atoms with E-state index in [4.69, 9.17) is 27.9 Å². The summed E-state index contributed by atoms with van der Waals surface area (Å²) in [6.07, 6.45) is 0.889. The van der Waals surface area contributed by atoms with Crippen LogP contribution in [-0.2, 0) is 14.3 Å². The van der Waals surface area contributed by atoms with Crippen molar-refractivity contribution in [3.63, 3.8) is 0 Å². The predicted octanol–water partition coefficient (Wildman–Crippen LogP) is 4.55. The molecular weight excluding hydrogens is 411 g/mol. The molecule has 1 heterocycles. The van der Waals surface area contributed by atoms with E-state index in [-0.39, 0.29) is 18.4 Å². The van der Waals surface area contributed by atoms with E-state index >= 15 is 0 Å². The molecule has 3 rings (SSSR count). The molecule has 1 fully saturated rings. The fraction of sp³-hybridized carbons (Fsp3) is 0.364. The van der Waals surface area contributed by atoms with Gasteiger partial charge in [0.2, 0.25) is 11.8 Å². The zero-order valence-electron chi connectivity index (χ0n) is 16.4. The summed E-state index contributed by atoms with van der Waals surface area (Å²) >= 11 is 12.1. The van der Waals surface area contributed by atoms with Gasteiger partial charge in [-0.1, -0.05) is 60.8 Å². The molecule has 0 aliphatic carbocycles. The molecule has 1 saturated heterocycles. The quantitative estimate of drug-likeness (QED) is 0.725. The maximum atomic E-state index is 13.0. The van der Waals surface area contributed by atoms with Crippen LogP contribution in [0.1, 0.15) is 43.0 Å². The van der Waals surface area contributed by atoms with Gasteiger partial charge < -0.3 is 15.0 Å². The van der Waals surface area contributed by atoms with E-state index in [1.807, 2.05) is 31.2 Å². The minimum Gasteiger partial charge on any atom is -0.361 e. The molecule has 154 valence electrons. The maximum Gasteiger partial charge on any atom is 0.249 e. The van der Waals surface area contributed by atoms with Crippen LogP contribution < -0.4 is 5.32 Å². The Hall–Kier alpha value is -2.08. The van der Waals surface area contributed by atoms with Crippen molar-refractivity contribution in [2.75, 3.05) is 13.7 Å². The van der Waals surface area contributed by atoms with Gasteiger partial charge in [-0.25, -0.2) is 0 Å². The number of hydrogen-bond donors (Lipinski definition) is 1. The summed E-state index contributed by atoms with van der Waals surface area (Å²) in [5.74, 6) is -0.395. The van der Waals surface area contributed by atoms with Crippen LogP contribution in [0.5, 0.6) is 0 Å². The van der Waals surface area contributed by atoms with Crippen molar-refractivity contribution >= 4 is 35.0 Å². The summed E-state index contributed by atoms with van der Waals surface area (Å²) in [4.78, 5) is 27.3. The van der Waals surface area contributed by atoms with Crippen LogP contribution in [0.4, 0.5) is 0 Å². The highest BCUT2D eigenvalue weighted by Gasteiger charge is 2.43. The van der Waals surface area contributed by atoms with E-state index in [1.165, 1.54) is 0 Å². The first-order chi connectivity index (χ1) is 14.0. The topological polar surface area (TPSA) is 58.6 Å². The fourth-order valence-electron chi connectivity index (χ4n) is 3.76. The second-order valence-electron chi connectivity index (χ2n) is 7.00. The summed E-state index contributed by atoms with van der Waals surface area (Å²) in [6.45, 7) is 1.91. The van der Waals surface area contributed by atoms with Crippen molar-refractivity contribution in [2.45, 2.75) is 38.0 Å². The molecule has 0 saturated carbocycles. The third-order valence-corrected chi connectivity index (χ3v) is 5.62. The lowest BCUT2D eigenvalue weighted by atomic mass is 9.90. The Morgan fingerprint density at radius 1 is 1.10 bits per heavy atom. The number of nitrogens with zero attached hydrogens (tertiary/aromatic N) is 1. The number of ether oxygens (including phenoxy) is 1. The molecule has 3 atom stereocenters. The van der Waals surface area contributed by atoms with Crippen molar-refractivity contribution < 1.29 is 14.3 Å². The molecule has 5 nitrogen and oxygen atoms in total. The Balaban J connectivity index is 2.11. The van der Waals surface area contributed by atoms with Crippen molar-refractivity contribution in [1.29, 1.82) is 0 Å². The predicted molar refractivity (Wildman–Crippen MR) is 114 cm³/mol. The number of rotatable bonds is 6. The number of carbonyl (C=O) groups excluding carboxylic acids is 2. The van der Waals surface area contributed by atoms with E-state index in [0.717, 1.165) is 17.5 Å². The lowest BCUT2D eigenvalue weighted by molar-refractivity contribution is -0.167. The summed E-state index contributed by atoms with van der Waals surface area (Å²) in [7, 11) is 1.59. The molecule has 0 radical (unpaired) electrons. The average molecular weight is 435 g/mol. The largest absolute Gasteiger partial charge is 0.361 e. The molecule has 2 amide bonds. The van der Waals surface area contributed by atoms with Crippen LogP contribution >= 0.6 is 23.2 Å². The minimum absolute atomic E-state index is 0.0887. The van der Waals surface area contributed by atoms with Crippen LogP contribution in [0.15, 0.2) is 48.5 Å². The van der Waals surface area contributed by atoms with E-state index < -0.39 is 18.2 Å². The summed E-state index contributed by atoms with van der Waals surface area (Å²) in [6, 6.07) is 13.6. The van der Waals surface area contributed by atoms with Gasteiger partial charge in [-0.2, -0.15) is 0 Å². The molecule has 0 spiro atoms. The van der Waals surface area contributed by atoms with Gasteiger partial charge in [-0.05, 0) is 41.8 Å². The molecule has 0 bridgehead atoms. The number of halogens is 2. The third-order valence-electron chi connectivity index (χ3n) is 5.12. The lowest BCUT2D eigenvalue weighted by Gasteiger charge is -2.45. The molecule has 0 aromatic heterocycles. The Bertz CT molecular complexity index is 855. The van der Waals surface area contributed by atoms with Gasteiger partial charge in [-0.15, -0.1) is 0 Å². The second-order valence-corrected chi connectivity index (χ2v) is 7.87. The monoisotopic (exact) mass is 434 g/mol. The molecule has 1 N–H and O–H groups in total. The van der Waals surface area contributed by atoms with Gasteiger partial charge in [-0.3, -0.25) is 9.59 Å². The standard InChI is InChI=1S/C22H24Cl2N2O3/c1-3-4-18(22(28)25-2)26-19(27)13-29-21(15-7-11-17(24)12-8-15)20(26)14-5-9-16(23)10-6-14/h5-12,18,20-21H,3-4,13H2,1-2H3,(H,25,28)/t18-,20+,21-/m0/s1.